The van der Waals surface area contributed by atoms with E-state index < -0.39 is 24.1 Å². The van der Waals surface area contributed by atoms with Gasteiger partial charge in [0.15, 0.2) is 0 Å². The minimum absolute atomic E-state index is 0.0421. The maximum absolute atomic E-state index is 11.5. The molecule has 16 heavy (non-hydrogen) atoms. The van der Waals surface area contributed by atoms with Crippen LogP contribution in [0.1, 0.15) is 24.4 Å². The van der Waals surface area contributed by atoms with E-state index in [0.29, 0.717) is 0 Å². The number of rotatable bonds is 4. The minimum Gasteiger partial charge on any atom is -0.481 e. The summed E-state index contributed by atoms with van der Waals surface area (Å²) in [5.41, 5.74) is 4.92. The Morgan fingerprint density at radius 3 is 2.75 bits per heavy atom. The van der Waals surface area contributed by atoms with Gasteiger partial charge >= 0.3 is 5.97 Å². The number of nitrogen functional groups attached to an aromatic ring is 1. The number of carbonyl (C=O) groups is 1. The molecule has 0 saturated heterocycles. The molecule has 1 heterocycles. The van der Waals surface area contributed by atoms with Crippen molar-refractivity contribution in [2.24, 2.45) is 0 Å². The number of aliphatic carboxylic acids is 1. The first-order valence-electron chi connectivity index (χ1n) is 4.58. The smallest absolute Gasteiger partial charge is 0.308 e. The van der Waals surface area contributed by atoms with Crippen LogP contribution in [0.15, 0.2) is 4.79 Å². The van der Waals surface area contributed by atoms with Gasteiger partial charge < -0.3 is 20.6 Å². The van der Waals surface area contributed by atoms with Crippen molar-refractivity contribution in [3.8, 4) is 0 Å². The highest BCUT2D eigenvalue weighted by Crippen LogP contribution is 2.12. The molecule has 1 aromatic heterocycles. The summed E-state index contributed by atoms with van der Waals surface area (Å²) in [7, 11) is 1.46. The fourth-order valence-corrected chi connectivity index (χ4v) is 1.16. The number of nitrogens with zero attached hydrogens (tertiary/aromatic N) is 1. The molecule has 0 radical (unpaired) electrons. The summed E-state index contributed by atoms with van der Waals surface area (Å²) < 4.78 is 4.96. The Morgan fingerprint density at radius 1 is 1.69 bits per heavy atom. The van der Waals surface area contributed by atoms with Gasteiger partial charge in [-0.1, -0.05) is 0 Å². The highest BCUT2D eigenvalue weighted by Gasteiger charge is 2.15. The van der Waals surface area contributed by atoms with E-state index in [2.05, 4.69) is 9.97 Å². The number of aromatic nitrogens is 2. The highest BCUT2D eigenvalue weighted by atomic mass is 16.5. The van der Waals surface area contributed by atoms with E-state index >= 15 is 0 Å². The summed E-state index contributed by atoms with van der Waals surface area (Å²) in [6.07, 6.45) is -0.857. The number of anilines is 1. The Kier molecular flexibility index (Phi) is 3.62. The quantitative estimate of drug-likeness (QED) is 0.649. The van der Waals surface area contributed by atoms with Crippen LogP contribution in [-0.2, 0) is 16.0 Å². The SMILES string of the molecule is COC(C)c1nc(N)c(CC(=O)O)c(=O)[nH]1. The summed E-state index contributed by atoms with van der Waals surface area (Å²) in [4.78, 5) is 28.3. The number of nitrogens with two attached hydrogens (primary N) is 1. The summed E-state index contributed by atoms with van der Waals surface area (Å²) in [5.74, 6) is -0.935. The van der Waals surface area contributed by atoms with Crippen molar-refractivity contribution >= 4 is 11.8 Å². The summed E-state index contributed by atoms with van der Waals surface area (Å²) in [6.45, 7) is 1.69. The molecule has 0 spiro atoms. The molecule has 1 unspecified atom stereocenters. The molecule has 1 aromatic rings. The number of ether oxygens (including phenoxy) is 1. The molecule has 7 nitrogen and oxygen atoms in total. The topological polar surface area (TPSA) is 118 Å². The maximum atomic E-state index is 11.5. The lowest BCUT2D eigenvalue weighted by molar-refractivity contribution is -0.136. The molecule has 0 aliphatic carbocycles. The number of hydrogen-bond acceptors (Lipinski definition) is 5. The van der Waals surface area contributed by atoms with Gasteiger partial charge in [0.2, 0.25) is 0 Å². The van der Waals surface area contributed by atoms with Gasteiger partial charge in [0.1, 0.15) is 17.7 Å². The molecule has 1 rings (SSSR count). The van der Waals surface area contributed by atoms with Gasteiger partial charge in [0, 0.05) is 7.11 Å². The van der Waals surface area contributed by atoms with Gasteiger partial charge in [-0.25, -0.2) is 4.98 Å². The van der Waals surface area contributed by atoms with Crippen LogP contribution in [0.3, 0.4) is 0 Å². The maximum Gasteiger partial charge on any atom is 0.308 e. The molecule has 0 aliphatic rings. The van der Waals surface area contributed by atoms with Crippen molar-refractivity contribution in [2.45, 2.75) is 19.4 Å². The number of H-pyrrole nitrogens is 1. The van der Waals surface area contributed by atoms with Gasteiger partial charge in [0.05, 0.1) is 12.0 Å². The van der Waals surface area contributed by atoms with Crippen molar-refractivity contribution in [3.05, 3.63) is 21.7 Å². The van der Waals surface area contributed by atoms with Gasteiger partial charge in [-0.05, 0) is 6.92 Å². The van der Waals surface area contributed by atoms with Crippen molar-refractivity contribution < 1.29 is 14.6 Å². The fraction of sp³-hybridized carbons (Fsp3) is 0.444. The van der Waals surface area contributed by atoms with Crippen LogP contribution in [-0.4, -0.2) is 28.2 Å². The average Bonchev–Trinajstić information content (AvgIpc) is 2.21. The molecule has 0 bridgehead atoms. The number of hydrogen-bond donors (Lipinski definition) is 3. The third-order valence-electron chi connectivity index (χ3n) is 2.13. The standard InChI is InChI=1S/C9H13N3O4/c1-4(16-2)8-11-7(10)5(3-6(13)14)9(15)12-8/h4H,3H2,1-2H3,(H,13,14)(H3,10,11,12,15). The van der Waals surface area contributed by atoms with Gasteiger partial charge in [-0.2, -0.15) is 0 Å². The Balaban J connectivity index is 3.17. The Labute approximate surface area is 91.3 Å². The number of aromatic amines is 1. The van der Waals surface area contributed by atoms with Crippen LogP contribution < -0.4 is 11.3 Å². The van der Waals surface area contributed by atoms with E-state index in [1.165, 1.54) is 7.11 Å². The molecular formula is C9H13N3O4. The monoisotopic (exact) mass is 227 g/mol. The Morgan fingerprint density at radius 2 is 2.31 bits per heavy atom. The van der Waals surface area contributed by atoms with Crippen LogP contribution in [0.25, 0.3) is 0 Å². The average molecular weight is 227 g/mol. The molecule has 0 saturated carbocycles. The second kappa shape index (κ2) is 4.75. The summed E-state index contributed by atoms with van der Waals surface area (Å²) in [6, 6.07) is 0. The predicted molar refractivity (Wildman–Crippen MR) is 56.0 cm³/mol. The third kappa shape index (κ3) is 2.57. The van der Waals surface area contributed by atoms with E-state index in [0.717, 1.165) is 0 Å². The second-order valence-corrected chi connectivity index (χ2v) is 3.26. The second-order valence-electron chi connectivity index (χ2n) is 3.26. The van der Waals surface area contributed by atoms with Crippen molar-refractivity contribution in [1.29, 1.82) is 0 Å². The largest absolute Gasteiger partial charge is 0.481 e. The van der Waals surface area contributed by atoms with Gasteiger partial charge in [0.25, 0.3) is 5.56 Å². The van der Waals surface area contributed by atoms with E-state index in [1.54, 1.807) is 6.92 Å². The molecule has 1 atom stereocenters. The van der Waals surface area contributed by atoms with Crippen LogP contribution in [0, 0.1) is 0 Å². The molecular weight excluding hydrogens is 214 g/mol. The molecule has 0 fully saturated rings. The Bertz CT molecular complexity index is 455. The van der Waals surface area contributed by atoms with Gasteiger partial charge in [-0.15, -0.1) is 0 Å². The first-order valence-corrected chi connectivity index (χ1v) is 4.58. The highest BCUT2D eigenvalue weighted by molar-refractivity contribution is 5.71. The molecule has 0 amide bonds. The zero-order valence-corrected chi connectivity index (χ0v) is 8.98. The summed E-state index contributed by atoms with van der Waals surface area (Å²) in [5, 5.41) is 8.58. The van der Waals surface area contributed by atoms with Crippen LogP contribution in [0.5, 0.6) is 0 Å². The first kappa shape index (κ1) is 12.2. The van der Waals surface area contributed by atoms with Crippen LogP contribution in [0.4, 0.5) is 5.82 Å². The van der Waals surface area contributed by atoms with E-state index in [9.17, 15) is 9.59 Å². The van der Waals surface area contributed by atoms with E-state index in [4.69, 9.17) is 15.6 Å². The minimum atomic E-state index is -1.13. The number of carboxylic acids is 1. The lowest BCUT2D eigenvalue weighted by Gasteiger charge is -2.10. The van der Waals surface area contributed by atoms with Gasteiger partial charge in [-0.3, -0.25) is 9.59 Å². The lowest BCUT2D eigenvalue weighted by Crippen LogP contribution is -2.23. The molecule has 0 aliphatic heterocycles. The number of methoxy groups -OCH3 is 1. The molecule has 0 aromatic carbocycles. The Hall–Kier alpha value is -1.89. The van der Waals surface area contributed by atoms with Crippen molar-refractivity contribution in [1.82, 2.24) is 9.97 Å². The molecule has 4 N–H and O–H groups in total. The van der Waals surface area contributed by atoms with E-state index in [-0.39, 0.29) is 17.2 Å². The summed E-state index contributed by atoms with van der Waals surface area (Å²) >= 11 is 0. The molecule has 88 valence electrons. The third-order valence-corrected chi connectivity index (χ3v) is 2.13. The van der Waals surface area contributed by atoms with E-state index in [1.807, 2.05) is 0 Å². The first-order chi connectivity index (χ1) is 7.45. The predicted octanol–water partition coefficient (Wildman–Crippen LogP) is -0.313. The number of carboxylic acid groups (broad SMARTS) is 1. The normalized spacial score (nSPS) is 12.4. The van der Waals surface area contributed by atoms with Crippen molar-refractivity contribution in [2.75, 3.05) is 12.8 Å². The number of nitrogens with one attached hydrogen (secondary N) is 1. The zero-order valence-electron chi connectivity index (χ0n) is 8.98. The van der Waals surface area contributed by atoms with Crippen LogP contribution in [0.2, 0.25) is 0 Å². The van der Waals surface area contributed by atoms with Crippen LogP contribution >= 0.6 is 0 Å². The molecule has 7 heteroatoms. The zero-order chi connectivity index (χ0) is 12.3. The van der Waals surface area contributed by atoms with Crippen molar-refractivity contribution in [3.63, 3.8) is 0 Å². The fourth-order valence-electron chi connectivity index (χ4n) is 1.16. The lowest BCUT2D eigenvalue weighted by atomic mass is 10.2.